The van der Waals surface area contributed by atoms with Crippen molar-refractivity contribution in [1.82, 2.24) is 4.90 Å². The van der Waals surface area contributed by atoms with Crippen LogP contribution in [-0.4, -0.2) is 24.4 Å². The second kappa shape index (κ2) is 11.1. The summed E-state index contributed by atoms with van der Waals surface area (Å²) in [5, 5.41) is 1.64. The molecule has 6 heteroatoms. The van der Waals surface area contributed by atoms with Crippen LogP contribution in [0, 0.1) is 25.7 Å². The second-order valence-corrected chi connectivity index (χ2v) is 11.3. The third-order valence-corrected chi connectivity index (χ3v) is 8.89. The summed E-state index contributed by atoms with van der Waals surface area (Å²) in [6.45, 7) is 8.86. The number of thioether (sulfide) groups is 2. The van der Waals surface area contributed by atoms with Crippen molar-refractivity contribution in [2.24, 2.45) is 0 Å². The molecular weight excluding hydrogens is 489 g/mol. The van der Waals surface area contributed by atoms with Crippen LogP contribution in [0.4, 0.5) is 5.69 Å². The molecule has 0 unspecified atom stereocenters. The van der Waals surface area contributed by atoms with Crippen molar-refractivity contribution in [3.8, 4) is 11.8 Å². The van der Waals surface area contributed by atoms with E-state index in [0.717, 1.165) is 17.9 Å². The molecule has 0 spiro atoms. The van der Waals surface area contributed by atoms with E-state index in [1.807, 2.05) is 26.1 Å². The number of amides is 1. The van der Waals surface area contributed by atoms with Gasteiger partial charge in [0, 0.05) is 40.3 Å². The van der Waals surface area contributed by atoms with E-state index in [9.17, 15) is 4.79 Å². The summed E-state index contributed by atoms with van der Waals surface area (Å²) in [6.07, 6.45) is 5.75. The number of aryl methyl sites for hydroxylation is 2. The molecule has 0 saturated carbocycles. The van der Waals surface area contributed by atoms with Crippen LogP contribution in [0.1, 0.15) is 37.0 Å². The zero-order valence-electron chi connectivity index (χ0n) is 20.8. The lowest BCUT2D eigenvalue weighted by Gasteiger charge is -2.23. The minimum atomic E-state index is -0.250. The van der Waals surface area contributed by atoms with Gasteiger partial charge in [0.15, 0.2) is 0 Å². The number of nitrogens with zero attached hydrogens (tertiary/aromatic N) is 2. The zero-order chi connectivity index (χ0) is 25.1. The quantitative estimate of drug-likeness (QED) is 0.338. The molecule has 0 bridgehead atoms. The lowest BCUT2D eigenvalue weighted by atomic mass is 10.0. The van der Waals surface area contributed by atoms with Gasteiger partial charge in [0.05, 0.1) is 15.7 Å². The first-order valence-electron chi connectivity index (χ1n) is 11.8. The summed E-state index contributed by atoms with van der Waals surface area (Å²) in [6, 6.07) is 13.0. The van der Waals surface area contributed by atoms with Crippen LogP contribution in [0.25, 0.3) is 0 Å². The molecule has 0 N–H and O–H groups in total. The molecule has 0 radical (unpaired) electrons. The Bertz CT molecular complexity index is 1330. The molecule has 2 aromatic carbocycles. The zero-order valence-corrected chi connectivity index (χ0v) is 23.3. The average molecular weight is 519 g/mol. The highest BCUT2D eigenvalue weighted by atomic mass is 32.2. The fraction of sp³-hybridized carbons (Fsp3) is 0.276. The second-order valence-electron chi connectivity index (χ2n) is 8.65. The number of hydrogen-bond acceptors (Lipinski definition) is 5. The molecule has 35 heavy (non-hydrogen) atoms. The molecule has 3 nitrogen and oxygen atoms in total. The number of fused-ring (bicyclic) bond motifs is 2. The Morgan fingerprint density at radius 2 is 1.83 bits per heavy atom. The van der Waals surface area contributed by atoms with E-state index in [2.05, 4.69) is 73.9 Å². The van der Waals surface area contributed by atoms with Gasteiger partial charge < -0.3 is 4.90 Å². The SMILES string of the molecule is CCC1=C(/C=C(\S)N(CC)C(=O)C#C/C=C2\Sc3ccc(C)cc3N2C)Sc2ccc(C)cc2C1. The molecule has 180 valence electrons. The molecule has 1 amide bonds. The Labute approximate surface area is 223 Å². The Balaban J connectivity index is 1.51. The molecule has 2 aliphatic rings. The summed E-state index contributed by atoms with van der Waals surface area (Å²) < 4.78 is 0. The summed E-state index contributed by atoms with van der Waals surface area (Å²) in [4.78, 5) is 20.3. The van der Waals surface area contributed by atoms with Crippen molar-refractivity contribution in [2.45, 2.75) is 50.3 Å². The summed E-state index contributed by atoms with van der Waals surface area (Å²) in [5.74, 6) is 5.52. The van der Waals surface area contributed by atoms with Crippen molar-refractivity contribution in [2.75, 3.05) is 18.5 Å². The molecule has 0 aliphatic carbocycles. The van der Waals surface area contributed by atoms with Crippen LogP contribution in [0.2, 0.25) is 0 Å². The number of rotatable bonds is 4. The molecule has 2 heterocycles. The molecule has 2 aromatic rings. The minimum absolute atomic E-state index is 0.250. The van der Waals surface area contributed by atoms with E-state index >= 15 is 0 Å². The van der Waals surface area contributed by atoms with Crippen molar-refractivity contribution < 1.29 is 4.79 Å². The number of allylic oxidation sites excluding steroid dienone is 3. The number of hydrogen-bond donors (Lipinski definition) is 1. The van der Waals surface area contributed by atoms with Crippen molar-refractivity contribution in [3.63, 3.8) is 0 Å². The fourth-order valence-corrected chi connectivity index (χ4v) is 6.75. The monoisotopic (exact) mass is 518 g/mol. The lowest BCUT2D eigenvalue weighted by Crippen LogP contribution is -2.27. The van der Waals surface area contributed by atoms with Gasteiger partial charge in [-0.25, -0.2) is 0 Å². The van der Waals surface area contributed by atoms with E-state index in [1.54, 1.807) is 28.4 Å². The van der Waals surface area contributed by atoms with Gasteiger partial charge >= 0.3 is 5.91 Å². The highest BCUT2D eigenvalue weighted by molar-refractivity contribution is 8.04. The number of carbonyl (C=O) groups is 1. The van der Waals surface area contributed by atoms with Crippen LogP contribution >= 0.6 is 36.2 Å². The first kappa shape index (κ1) is 25.6. The van der Waals surface area contributed by atoms with Crippen molar-refractivity contribution >= 4 is 47.7 Å². The first-order chi connectivity index (χ1) is 16.8. The van der Waals surface area contributed by atoms with Crippen LogP contribution < -0.4 is 4.90 Å². The van der Waals surface area contributed by atoms with Gasteiger partial charge in [-0.2, -0.15) is 0 Å². The van der Waals surface area contributed by atoms with E-state index in [-0.39, 0.29) is 5.91 Å². The number of anilines is 1. The number of thiol groups is 1. The van der Waals surface area contributed by atoms with Gasteiger partial charge in [-0.15, -0.1) is 12.6 Å². The average Bonchev–Trinajstić information content (AvgIpc) is 3.14. The summed E-state index contributed by atoms with van der Waals surface area (Å²) in [5.41, 5.74) is 6.42. The Kier molecular flexibility index (Phi) is 8.11. The molecule has 0 fully saturated rings. The lowest BCUT2D eigenvalue weighted by molar-refractivity contribution is -0.122. The Hall–Kier alpha value is -2.46. The van der Waals surface area contributed by atoms with Gasteiger partial charge in [-0.05, 0) is 69.0 Å². The van der Waals surface area contributed by atoms with E-state index in [1.165, 1.54) is 42.6 Å². The van der Waals surface area contributed by atoms with Gasteiger partial charge in [-0.1, -0.05) is 65.7 Å². The molecule has 4 rings (SSSR count). The third kappa shape index (κ3) is 5.69. The van der Waals surface area contributed by atoms with E-state index in [4.69, 9.17) is 12.6 Å². The van der Waals surface area contributed by atoms with Crippen LogP contribution in [0.15, 0.2) is 78.9 Å². The predicted octanol–water partition coefficient (Wildman–Crippen LogP) is 7.32. The van der Waals surface area contributed by atoms with Crippen LogP contribution in [0.3, 0.4) is 0 Å². The summed E-state index contributed by atoms with van der Waals surface area (Å²) >= 11 is 8.14. The Morgan fingerprint density at radius 3 is 2.54 bits per heavy atom. The molecule has 0 aromatic heterocycles. The van der Waals surface area contributed by atoms with Gasteiger partial charge in [0.25, 0.3) is 0 Å². The Morgan fingerprint density at radius 1 is 1.11 bits per heavy atom. The number of carbonyl (C=O) groups excluding carboxylic acids is 1. The predicted molar refractivity (Wildman–Crippen MR) is 154 cm³/mol. The minimum Gasteiger partial charge on any atom is -0.338 e. The third-order valence-electron chi connectivity index (χ3n) is 6.11. The highest BCUT2D eigenvalue weighted by Crippen LogP contribution is 2.45. The highest BCUT2D eigenvalue weighted by Gasteiger charge is 2.22. The molecule has 2 aliphatic heterocycles. The maximum absolute atomic E-state index is 13.0. The van der Waals surface area contributed by atoms with Crippen molar-refractivity contribution in [3.05, 3.63) is 85.8 Å². The van der Waals surface area contributed by atoms with E-state index in [0.29, 0.717) is 11.6 Å². The van der Waals surface area contributed by atoms with Crippen LogP contribution in [0.5, 0.6) is 0 Å². The number of benzene rings is 2. The summed E-state index contributed by atoms with van der Waals surface area (Å²) in [7, 11) is 2.03. The smallest absolute Gasteiger partial charge is 0.303 e. The first-order valence-corrected chi connectivity index (χ1v) is 13.8. The molecule has 0 atom stereocenters. The topological polar surface area (TPSA) is 23.6 Å². The standard InChI is InChI=1S/C29H30N2OS3/c1-6-21-17-22-15-19(3)11-13-24(22)34-26(21)18-28(33)31(7-2)27(32)9-8-10-29-30(5)23-16-20(4)12-14-25(23)35-29/h10-16,18,33H,6-7,17H2,1-5H3/b28-18-,29-10-. The van der Waals surface area contributed by atoms with E-state index < -0.39 is 0 Å². The maximum Gasteiger partial charge on any atom is 0.303 e. The van der Waals surface area contributed by atoms with Gasteiger partial charge in [-0.3, -0.25) is 9.69 Å². The maximum atomic E-state index is 13.0. The van der Waals surface area contributed by atoms with Gasteiger partial charge in [0.2, 0.25) is 0 Å². The van der Waals surface area contributed by atoms with Crippen LogP contribution in [-0.2, 0) is 11.2 Å². The normalized spacial score (nSPS) is 16.1. The fourth-order valence-electron chi connectivity index (χ4n) is 4.12. The molecular formula is C29H30N2OS3. The largest absolute Gasteiger partial charge is 0.338 e. The van der Waals surface area contributed by atoms with Crippen molar-refractivity contribution in [1.29, 1.82) is 0 Å². The van der Waals surface area contributed by atoms with Gasteiger partial charge in [0.1, 0.15) is 0 Å². The molecule has 0 saturated heterocycles.